The molecule has 0 saturated heterocycles. The van der Waals surface area contributed by atoms with E-state index < -0.39 is 0 Å². The third-order valence-corrected chi connectivity index (χ3v) is 2.31. The molecule has 0 fully saturated rings. The number of H-pyrrole nitrogens is 1. The highest BCUT2D eigenvalue weighted by molar-refractivity contribution is 4.68. The van der Waals surface area contributed by atoms with Crippen LogP contribution in [0.1, 0.15) is 38.6 Å². The van der Waals surface area contributed by atoms with E-state index in [9.17, 15) is 0 Å². The monoisotopic (exact) mass is 179 g/mol. The van der Waals surface area contributed by atoms with Gasteiger partial charge in [-0.3, -0.25) is 4.98 Å². The number of imidazole rings is 1. The Balaban J connectivity index is 2.51. The highest BCUT2D eigenvalue weighted by Crippen LogP contribution is 2.12. The number of hydrogen-bond acceptors (Lipinski definition) is 0. The van der Waals surface area contributed by atoms with Gasteiger partial charge in [0.25, 0.3) is 0 Å². The highest BCUT2D eigenvalue weighted by atomic mass is 15.0. The van der Waals surface area contributed by atoms with Crippen LogP contribution in [0.4, 0.5) is 0 Å². The van der Waals surface area contributed by atoms with Gasteiger partial charge in [0.15, 0.2) is 0 Å². The van der Waals surface area contributed by atoms with E-state index >= 15 is 0 Å². The lowest BCUT2D eigenvalue weighted by atomic mass is 10.1. The van der Waals surface area contributed by atoms with Crippen molar-refractivity contribution in [2.24, 2.45) is 0 Å². The molecular formula is C11H19N2+. The molecule has 0 spiro atoms. The van der Waals surface area contributed by atoms with E-state index in [1.54, 1.807) is 0 Å². The van der Waals surface area contributed by atoms with E-state index in [1.807, 2.05) is 18.6 Å². The number of aromatic amines is 1. The Labute approximate surface area is 80.3 Å². The first-order valence-corrected chi connectivity index (χ1v) is 5.03. The summed E-state index contributed by atoms with van der Waals surface area (Å²) in [5, 5.41) is 0. The Morgan fingerprint density at radius 3 is 2.92 bits per heavy atom. The lowest BCUT2D eigenvalue weighted by Gasteiger charge is -2.10. The Bertz CT molecular complexity index is 226. The summed E-state index contributed by atoms with van der Waals surface area (Å²) in [4.78, 5) is 3.08. The van der Waals surface area contributed by atoms with Gasteiger partial charge in [-0.2, -0.15) is 0 Å². The Kier molecular flexibility index (Phi) is 4.30. The molecule has 13 heavy (non-hydrogen) atoms. The van der Waals surface area contributed by atoms with Crippen LogP contribution in [0.3, 0.4) is 0 Å². The van der Waals surface area contributed by atoms with E-state index in [1.165, 1.54) is 19.3 Å². The first kappa shape index (κ1) is 10.0. The second kappa shape index (κ2) is 5.57. The molecule has 1 rings (SSSR count). The maximum atomic E-state index is 3.76. The molecule has 72 valence electrons. The van der Waals surface area contributed by atoms with E-state index in [0.717, 1.165) is 6.42 Å². The molecule has 0 amide bonds. The van der Waals surface area contributed by atoms with E-state index in [2.05, 4.69) is 29.3 Å². The zero-order valence-electron chi connectivity index (χ0n) is 8.37. The van der Waals surface area contributed by atoms with Gasteiger partial charge in [0.1, 0.15) is 18.4 Å². The minimum absolute atomic E-state index is 0.634. The number of hydrogen-bond donors (Lipinski definition) is 1. The van der Waals surface area contributed by atoms with E-state index in [-0.39, 0.29) is 0 Å². The van der Waals surface area contributed by atoms with Crippen molar-refractivity contribution in [1.29, 1.82) is 0 Å². The lowest BCUT2D eigenvalue weighted by molar-refractivity contribution is -0.723. The van der Waals surface area contributed by atoms with Gasteiger partial charge >= 0.3 is 0 Å². The molecule has 1 heterocycles. The molecule has 1 unspecified atom stereocenters. The molecule has 0 aliphatic heterocycles. The number of aromatic nitrogens is 2. The summed E-state index contributed by atoms with van der Waals surface area (Å²) >= 11 is 0. The number of allylic oxidation sites excluding steroid dienone is 1. The maximum absolute atomic E-state index is 3.76. The van der Waals surface area contributed by atoms with Crippen LogP contribution in [0.15, 0.2) is 31.4 Å². The predicted octanol–water partition coefficient (Wildman–Crippen LogP) is 2.61. The summed E-state index contributed by atoms with van der Waals surface area (Å²) in [5.41, 5.74) is 0. The quantitative estimate of drug-likeness (QED) is 0.511. The Morgan fingerprint density at radius 2 is 2.38 bits per heavy atom. The smallest absolute Gasteiger partial charge is 0.241 e. The number of nitrogens with zero attached hydrogens (tertiary/aromatic N) is 1. The molecule has 0 aliphatic rings. The van der Waals surface area contributed by atoms with Crippen molar-refractivity contribution in [3.8, 4) is 0 Å². The fraction of sp³-hybridized carbons (Fsp3) is 0.545. The van der Waals surface area contributed by atoms with Crippen molar-refractivity contribution in [3.05, 3.63) is 31.4 Å². The summed E-state index contributed by atoms with van der Waals surface area (Å²) in [6.45, 7) is 5.99. The maximum Gasteiger partial charge on any atom is 0.241 e. The lowest BCUT2D eigenvalue weighted by Crippen LogP contribution is -2.36. The van der Waals surface area contributed by atoms with Crippen LogP contribution in [0.25, 0.3) is 0 Å². The first-order valence-electron chi connectivity index (χ1n) is 5.03. The van der Waals surface area contributed by atoms with Crippen LogP contribution in [-0.4, -0.2) is 4.98 Å². The second-order valence-electron chi connectivity index (χ2n) is 3.37. The summed E-state index contributed by atoms with van der Waals surface area (Å²) in [5.74, 6) is 0. The summed E-state index contributed by atoms with van der Waals surface area (Å²) in [6.07, 6.45) is 12.9. The molecule has 0 aromatic carbocycles. The fourth-order valence-corrected chi connectivity index (χ4v) is 1.61. The van der Waals surface area contributed by atoms with Crippen LogP contribution in [-0.2, 0) is 0 Å². The molecule has 1 N–H and O–H groups in total. The van der Waals surface area contributed by atoms with Crippen molar-refractivity contribution in [2.75, 3.05) is 0 Å². The zero-order valence-corrected chi connectivity index (χ0v) is 8.37. The average molecular weight is 179 g/mol. The largest absolute Gasteiger partial charge is 0.250 e. The van der Waals surface area contributed by atoms with Crippen molar-refractivity contribution < 1.29 is 4.57 Å². The second-order valence-corrected chi connectivity index (χ2v) is 3.37. The standard InChI is InChI=1S/C11H18N2/c1-3-5-7-11(6-4-2)13-9-8-12-10-13/h3,8-11H,1,4-7H2,2H3/p+1. The molecule has 1 atom stereocenters. The molecular weight excluding hydrogens is 160 g/mol. The SMILES string of the molecule is C=CCCC(CCC)[n+]1cc[nH]c1. The van der Waals surface area contributed by atoms with Gasteiger partial charge in [-0.25, -0.2) is 4.57 Å². The van der Waals surface area contributed by atoms with E-state index in [0.29, 0.717) is 6.04 Å². The molecule has 0 radical (unpaired) electrons. The van der Waals surface area contributed by atoms with Gasteiger partial charge in [0, 0.05) is 0 Å². The minimum Gasteiger partial charge on any atom is -0.250 e. The first-order chi connectivity index (χ1) is 6.38. The summed E-state index contributed by atoms with van der Waals surface area (Å²) < 4.78 is 2.26. The molecule has 1 aromatic heterocycles. The van der Waals surface area contributed by atoms with Crippen LogP contribution >= 0.6 is 0 Å². The molecule has 0 saturated carbocycles. The summed E-state index contributed by atoms with van der Waals surface area (Å²) in [6, 6.07) is 0.634. The van der Waals surface area contributed by atoms with Crippen LogP contribution in [0.5, 0.6) is 0 Å². The summed E-state index contributed by atoms with van der Waals surface area (Å²) in [7, 11) is 0. The Hall–Kier alpha value is -1.05. The van der Waals surface area contributed by atoms with Crippen LogP contribution in [0, 0.1) is 0 Å². The highest BCUT2D eigenvalue weighted by Gasteiger charge is 2.12. The third-order valence-electron chi connectivity index (χ3n) is 2.31. The van der Waals surface area contributed by atoms with Gasteiger partial charge in [-0.1, -0.05) is 19.4 Å². The van der Waals surface area contributed by atoms with Crippen molar-refractivity contribution in [3.63, 3.8) is 0 Å². The van der Waals surface area contributed by atoms with Gasteiger partial charge in [0.2, 0.25) is 6.33 Å². The average Bonchev–Trinajstić information content (AvgIpc) is 2.65. The topological polar surface area (TPSA) is 19.7 Å². The molecule has 0 aliphatic carbocycles. The van der Waals surface area contributed by atoms with E-state index in [4.69, 9.17) is 0 Å². The van der Waals surface area contributed by atoms with Crippen molar-refractivity contribution in [2.45, 2.75) is 38.6 Å². The van der Waals surface area contributed by atoms with Crippen LogP contribution in [0.2, 0.25) is 0 Å². The van der Waals surface area contributed by atoms with Gasteiger partial charge in [-0.15, -0.1) is 6.58 Å². The van der Waals surface area contributed by atoms with Gasteiger partial charge in [0.05, 0.1) is 0 Å². The fourth-order valence-electron chi connectivity index (χ4n) is 1.61. The van der Waals surface area contributed by atoms with Gasteiger partial charge in [-0.05, 0) is 19.3 Å². The molecule has 2 heteroatoms. The predicted molar refractivity (Wildman–Crippen MR) is 54.4 cm³/mol. The van der Waals surface area contributed by atoms with Crippen molar-refractivity contribution in [1.82, 2.24) is 4.98 Å². The molecule has 0 bridgehead atoms. The Morgan fingerprint density at radius 1 is 1.54 bits per heavy atom. The molecule has 1 aromatic rings. The van der Waals surface area contributed by atoms with Crippen LogP contribution < -0.4 is 4.57 Å². The number of nitrogens with one attached hydrogen (secondary N) is 1. The third kappa shape index (κ3) is 3.05. The minimum atomic E-state index is 0.634. The van der Waals surface area contributed by atoms with Crippen molar-refractivity contribution >= 4 is 0 Å². The van der Waals surface area contributed by atoms with Gasteiger partial charge < -0.3 is 0 Å². The zero-order chi connectivity index (χ0) is 9.52. The molecule has 2 nitrogen and oxygen atoms in total. The normalized spacial score (nSPS) is 12.7. The number of rotatable bonds is 6.